The van der Waals surface area contributed by atoms with E-state index in [1.54, 1.807) is 25.1 Å². The molecule has 3 N–H and O–H groups in total. The molecule has 0 spiro atoms. The van der Waals surface area contributed by atoms with Crippen molar-refractivity contribution in [2.45, 2.75) is 77.0 Å². The topological polar surface area (TPSA) is 89.9 Å². The van der Waals surface area contributed by atoms with Crippen molar-refractivity contribution in [3.05, 3.63) is 65.2 Å². The lowest BCUT2D eigenvalue weighted by Gasteiger charge is -2.46. The van der Waals surface area contributed by atoms with Crippen LogP contribution in [0.3, 0.4) is 0 Å². The minimum Gasteiger partial charge on any atom is -0.508 e. The second kappa shape index (κ2) is 12.0. The Labute approximate surface area is 214 Å². The van der Waals surface area contributed by atoms with E-state index in [4.69, 9.17) is 0 Å². The summed E-state index contributed by atoms with van der Waals surface area (Å²) in [7, 11) is 0. The van der Waals surface area contributed by atoms with Gasteiger partial charge in [0.05, 0.1) is 18.2 Å². The fourth-order valence-corrected chi connectivity index (χ4v) is 6.25. The number of amides is 1. The number of carbonyl (C=O) groups is 2. The van der Waals surface area contributed by atoms with Crippen molar-refractivity contribution in [3.63, 3.8) is 0 Å². The van der Waals surface area contributed by atoms with E-state index in [-0.39, 0.29) is 23.5 Å². The van der Waals surface area contributed by atoms with Crippen LogP contribution in [-0.2, 0) is 17.6 Å². The van der Waals surface area contributed by atoms with E-state index in [0.717, 1.165) is 18.5 Å². The zero-order valence-corrected chi connectivity index (χ0v) is 21.5. The Bertz CT molecular complexity index is 1040. The van der Waals surface area contributed by atoms with Gasteiger partial charge < -0.3 is 15.5 Å². The van der Waals surface area contributed by atoms with Crippen molar-refractivity contribution in [1.29, 1.82) is 0 Å². The molecule has 1 heterocycles. The highest BCUT2D eigenvalue weighted by molar-refractivity contribution is 5.96. The number of hydrogen-bond acceptors (Lipinski definition) is 5. The highest BCUT2D eigenvalue weighted by atomic mass is 16.3. The fourth-order valence-electron chi connectivity index (χ4n) is 6.25. The van der Waals surface area contributed by atoms with Gasteiger partial charge in [0.15, 0.2) is 0 Å². The predicted octanol–water partition coefficient (Wildman–Crippen LogP) is 4.13. The summed E-state index contributed by atoms with van der Waals surface area (Å²) in [6.45, 7) is 4.72. The lowest BCUT2D eigenvalue weighted by Crippen LogP contribution is -2.56. The van der Waals surface area contributed by atoms with Crippen LogP contribution in [0.2, 0.25) is 0 Å². The van der Waals surface area contributed by atoms with Gasteiger partial charge in [-0.05, 0) is 62.1 Å². The number of nitrogens with zero attached hydrogens (tertiary/aromatic N) is 1. The molecule has 6 nitrogen and oxygen atoms in total. The Morgan fingerprint density at radius 3 is 2.47 bits per heavy atom. The minimum atomic E-state index is -0.849. The zero-order valence-electron chi connectivity index (χ0n) is 21.5. The Morgan fingerprint density at radius 1 is 1.06 bits per heavy atom. The molecule has 1 saturated heterocycles. The highest BCUT2D eigenvalue weighted by Gasteiger charge is 2.40. The molecule has 0 aromatic heterocycles. The average Bonchev–Trinajstić information content (AvgIpc) is 2.88. The second-order valence-corrected chi connectivity index (χ2v) is 10.6. The molecule has 2 fully saturated rings. The third-order valence-electron chi connectivity index (χ3n) is 8.22. The van der Waals surface area contributed by atoms with Crippen LogP contribution in [0, 0.1) is 11.8 Å². The number of likely N-dealkylation sites (tertiary alicyclic amines) is 1. The van der Waals surface area contributed by atoms with Gasteiger partial charge >= 0.3 is 0 Å². The Morgan fingerprint density at radius 2 is 1.78 bits per heavy atom. The Balaban J connectivity index is 1.54. The summed E-state index contributed by atoms with van der Waals surface area (Å²) in [6.07, 6.45) is 5.87. The first-order chi connectivity index (χ1) is 17.4. The Kier molecular flexibility index (Phi) is 8.81. The zero-order chi connectivity index (χ0) is 25.7. The molecule has 1 amide bonds. The summed E-state index contributed by atoms with van der Waals surface area (Å²) >= 11 is 0. The standard InChI is InChI=1S/C30H40N2O4/c1-3-24-25(14-9-15-28(24)34)30(36)31-26(16-21-10-5-4-6-11-21)29(35)19-32-18-23-13-8-7-12-22(23)17-27(32)20(2)33/h4-6,9-11,14-15,22-23,26-27,29,34-35H,3,7-8,12-13,16-19H2,1-2H3,(H,31,36). The first-order valence-corrected chi connectivity index (χ1v) is 13.5. The van der Waals surface area contributed by atoms with Crippen LogP contribution >= 0.6 is 0 Å². The molecule has 6 heteroatoms. The first kappa shape index (κ1) is 26.4. The van der Waals surface area contributed by atoms with Crippen LogP contribution in [0.5, 0.6) is 5.75 Å². The number of Topliss-reactive ketones (excluding diaryl/α,β-unsaturated/α-hetero) is 1. The van der Waals surface area contributed by atoms with Crippen LogP contribution in [0.1, 0.15) is 67.4 Å². The Hall–Kier alpha value is -2.70. The van der Waals surface area contributed by atoms with E-state index in [1.807, 2.05) is 37.3 Å². The number of phenols is 1. The van der Waals surface area contributed by atoms with Crippen molar-refractivity contribution in [1.82, 2.24) is 10.2 Å². The normalized spacial score (nSPS) is 23.9. The van der Waals surface area contributed by atoms with E-state index < -0.39 is 12.1 Å². The molecule has 0 radical (unpaired) electrons. The molecule has 1 saturated carbocycles. The maximum Gasteiger partial charge on any atom is 0.252 e. The van der Waals surface area contributed by atoms with Gasteiger partial charge in [-0.3, -0.25) is 14.5 Å². The predicted molar refractivity (Wildman–Crippen MR) is 141 cm³/mol. The molecular formula is C30H40N2O4. The van der Waals surface area contributed by atoms with Gasteiger partial charge in [-0.15, -0.1) is 0 Å². The van der Waals surface area contributed by atoms with Gasteiger partial charge in [0.1, 0.15) is 11.5 Å². The van der Waals surface area contributed by atoms with Gasteiger partial charge in [0.25, 0.3) is 5.91 Å². The molecule has 2 aromatic carbocycles. The molecule has 0 bridgehead atoms. The third-order valence-corrected chi connectivity index (χ3v) is 8.22. The maximum atomic E-state index is 13.3. The number of fused-ring (bicyclic) bond motifs is 1. The molecule has 2 aromatic rings. The number of piperidine rings is 1. The molecule has 1 aliphatic carbocycles. The quantitative estimate of drug-likeness (QED) is 0.490. The van der Waals surface area contributed by atoms with Gasteiger partial charge in [0, 0.05) is 24.2 Å². The molecule has 5 unspecified atom stereocenters. The van der Waals surface area contributed by atoms with E-state index in [0.29, 0.717) is 42.3 Å². The van der Waals surface area contributed by atoms with Crippen molar-refractivity contribution in [3.8, 4) is 5.75 Å². The van der Waals surface area contributed by atoms with Gasteiger partial charge in [-0.2, -0.15) is 0 Å². The summed E-state index contributed by atoms with van der Waals surface area (Å²) in [5.41, 5.74) is 2.04. The minimum absolute atomic E-state index is 0.102. The van der Waals surface area contributed by atoms with Gasteiger partial charge in [-0.25, -0.2) is 0 Å². The number of benzene rings is 2. The second-order valence-electron chi connectivity index (χ2n) is 10.6. The van der Waals surface area contributed by atoms with Crippen LogP contribution in [0.4, 0.5) is 0 Å². The number of ketones is 1. The maximum absolute atomic E-state index is 13.3. The molecule has 4 rings (SSSR count). The fraction of sp³-hybridized carbons (Fsp3) is 0.533. The van der Waals surface area contributed by atoms with Crippen molar-refractivity contribution in [2.24, 2.45) is 11.8 Å². The summed E-state index contributed by atoms with van der Waals surface area (Å²) in [4.78, 5) is 28.1. The number of nitrogens with one attached hydrogen (secondary N) is 1. The number of rotatable bonds is 9. The lowest BCUT2D eigenvalue weighted by atomic mass is 9.72. The van der Waals surface area contributed by atoms with Crippen LogP contribution < -0.4 is 5.32 Å². The van der Waals surface area contributed by atoms with Crippen LogP contribution in [0.25, 0.3) is 0 Å². The molecule has 36 heavy (non-hydrogen) atoms. The molecule has 1 aliphatic heterocycles. The smallest absolute Gasteiger partial charge is 0.252 e. The molecule has 2 aliphatic rings. The van der Waals surface area contributed by atoms with E-state index in [9.17, 15) is 19.8 Å². The van der Waals surface area contributed by atoms with Gasteiger partial charge in [0.2, 0.25) is 0 Å². The van der Waals surface area contributed by atoms with Crippen LogP contribution in [0.15, 0.2) is 48.5 Å². The largest absolute Gasteiger partial charge is 0.508 e. The molecule has 194 valence electrons. The number of aliphatic hydroxyl groups is 1. The van der Waals surface area contributed by atoms with Crippen molar-refractivity contribution in [2.75, 3.05) is 13.1 Å². The van der Waals surface area contributed by atoms with Gasteiger partial charge in [-0.1, -0.05) is 62.6 Å². The number of aliphatic hydroxyl groups excluding tert-OH is 1. The summed E-state index contributed by atoms with van der Waals surface area (Å²) in [5, 5.41) is 24.8. The monoisotopic (exact) mass is 492 g/mol. The average molecular weight is 493 g/mol. The summed E-state index contributed by atoms with van der Waals surface area (Å²) < 4.78 is 0. The van der Waals surface area contributed by atoms with Crippen LogP contribution in [-0.4, -0.2) is 58.1 Å². The molecular weight excluding hydrogens is 452 g/mol. The first-order valence-electron chi connectivity index (χ1n) is 13.5. The SMILES string of the molecule is CCc1c(O)cccc1C(=O)NC(Cc1ccccc1)C(O)CN1CC2CCCCC2CC1C(C)=O. The summed E-state index contributed by atoms with van der Waals surface area (Å²) in [6, 6.07) is 14.1. The lowest BCUT2D eigenvalue weighted by molar-refractivity contribution is -0.126. The number of phenolic OH excluding ortho intramolecular Hbond substituents is 1. The molecule has 5 atom stereocenters. The number of carbonyl (C=O) groups excluding carboxylic acids is 2. The number of β-amino-alcohol motifs (C(OH)–C–C–N with tert-alkyl or cyclic N) is 1. The third kappa shape index (κ3) is 6.16. The van der Waals surface area contributed by atoms with E-state index in [2.05, 4.69) is 10.2 Å². The number of hydrogen-bond donors (Lipinski definition) is 3. The number of aromatic hydroxyl groups is 1. The van der Waals surface area contributed by atoms with E-state index in [1.165, 1.54) is 25.7 Å². The van der Waals surface area contributed by atoms with Crippen molar-refractivity contribution < 1.29 is 19.8 Å². The highest BCUT2D eigenvalue weighted by Crippen LogP contribution is 2.39. The summed E-state index contributed by atoms with van der Waals surface area (Å²) in [5.74, 6) is 1.12. The van der Waals surface area contributed by atoms with Crippen molar-refractivity contribution >= 4 is 11.7 Å². The van der Waals surface area contributed by atoms with E-state index >= 15 is 0 Å².